The summed E-state index contributed by atoms with van der Waals surface area (Å²) in [5.74, 6) is 0.874. The third kappa shape index (κ3) is 2.82. The van der Waals surface area contributed by atoms with E-state index in [4.69, 9.17) is 22.5 Å². The highest BCUT2D eigenvalue weighted by atomic mass is 35.5. The summed E-state index contributed by atoms with van der Waals surface area (Å²) >= 11 is 5.99. The van der Waals surface area contributed by atoms with Crippen molar-refractivity contribution < 1.29 is 5.21 Å². The van der Waals surface area contributed by atoms with Gasteiger partial charge in [0.2, 0.25) is 0 Å². The Bertz CT molecular complexity index is 443. The number of nitrogens with zero attached hydrogens (tertiary/aromatic N) is 2. The lowest BCUT2D eigenvalue weighted by Crippen LogP contribution is -2.24. The Labute approximate surface area is 106 Å². The predicted octanol–water partition coefficient (Wildman–Crippen LogP) is 2.28. The van der Waals surface area contributed by atoms with Crippen molar-refractivity contribution in [3.8, 4) is 0 Å². The summed E-state index contributed by atoms with van der Waals surface area (Å²) in [7, 11) is 2.00. The lowest BCUT2D eigenvalue weighted by molar-refractivity contribution is 0.318. The maximum Gasteiger partial charge on any atom is 0.172 e. The molecule has 0 aliphatic heterocycles. The van der Waals surface area contributed by atoms with Crippen molar-refractivity contribution in [1.29, 1.82) is 0 Å². The molecule has 0 unspecified atom stereocenters. The van der Waals surface area contributed by atoms with Crippen LogP contribution in [0.5, 0.6) is 0 Å². The van der Waals surface area contributed by atoms with Crippen molar-refractivity contribution in [1.82, 2.24) is 0 Å². The molecule has 0 heterocycles. The fourth-order valence-electron chi connectivity index (χ4n) is 1.88. The standard InChI is InChI=1S/C12H16ClN3O/c1-16(7-8-2-3-8)11-6-9(13)4-5-10(11)12(14)15-17/h4-6,8,17H,2-3,7H2,1H3,(H2,14,15). The Morgan fingerprint density at radius 2 is 2.29 bits per heavy atom. The average molecular weight is 254 g/mol. The smallest absolute Gasteiger partial charge is 0.172 e. The van der Waals surface area contributed by atoms with Gasteiger partial charge < -0.3 is 15.8 Å². The van der Waals surface area contributed by atoms with Crippen molar-refractivity contribution in [2.45, 2.75) is 12.8 Å². The van der Waals surface area contributed by atoms with E-state index in [2.05, 4.69) is 10.1 Å². The third-order valence-corrected chi connectivity index (χ3v) is 3.22. The minimum atomic E-state index is 0.110. The normalized spacial score (nSPS) is 16.0. The van der Waals surface area contributed by atoms with E-state index in [-0.39, 0.29) is 5.84 Å². The van der Waals surface area contributed by atoms with E-state index in [0.717, 1.165) is 18.2 Å². The fraction of sp³-hybridized carbons (Fsp3) is 0.417. The number of oxime groups is 1. The highest BCUT2D eigenvalue weighted by Gasteiger charge is 2.24. The Kier molecular flexibility index (Phi) is 3.43. The lowest BCUT2D eigenvalue weighted by atomic mass is 10.1. The number of hydrogen-bond donors (Lipinski definition) is 2. The summed E-state index contributed by atoms with van der Waals surface area (Å²) in [4.78, 5) is 2.11. The first-order valence-electron chi connectivity index (χ1n) is 5.60. The molecule has 0 atom stereocenters. The molecule has 0 spiro atoms. The molecule has 1 saturated carbocycles. The number of hydrogen-bond acceptors (Lipinski definition) is 3. The van der Waals surface area contributed by atoms with E-state index in [1.54, 1.807) is 12.1 Å². The molecule has 0 radical (unpaired) electrons. The molecule has 0 aromatic heterocycles. The number of amidine groups is 1. The van der Waals surface area contributed by atoms with Gasteiger partial charge in [0.25, 0.3) is 0 Å². The van der Waals surface area contributed by atoms with E-state index in [1.807, 2.05) is 13.1 Å². The van der Waals surface area contributed by atoms with Crippen LogP contribution >= 0.6 is 11.6 Å². The molecule has 1 aromatic rings. The monoisotopic (exact) mass is 253 g/mol. The number of anilines is 1. The Morgan fingerprint density at radius 1 is 1.59 bits per heavy atom. The fourth-order valence-corrected chi connectivity index (χ4v) is 2.04. The summed E-state index contributed by atoms with van der Waals surface area (Å²) in [6.07, 6.45) is 2.56. The Hall–Kier alpha value is -1.42. The first-order chi connectivity index (χ1) is 8.11. The second kappa shape index (κ2) is 4.84. The summed E-state index contributed by atoms with van der Waals surface area (Å²) in [6.45, 7) is 0.978. The van der Waals surface area contributed by atoms with Gasteiger partial charge >= 0.3 is 0 Å². The third-order valence-electron chi connectivity index (χ3n) is 2.98. The van der Waals surface area contributed by atoms with E-state index in [9.17, 15) is 0 Å². The van der Waals surface area contributed by atoms with Crippen LogP contribution in [0.3, 0.4) is 0 Å². The number of nitrogens with two attached hydrogens (primary N) is 1. The van der Waals surface area contributed by atoms with E-state index >= 15 is 0 Å². The molecule has 2 rings (SSSR count). The van der Waals surface area contributed by atoms with E-state index in [1.165, 1.54) is 12.8 Å². The molecule has 1 aromatic carbocycles. The number of benzene rings is 1. The Balaban J connectivity index is 2.31. The van der Waals surface area contributed by atoms with Gasteiger partial charge in [-0.15, -0.1) is 0 Å². The van der Waals surface area contributed by atoms with Crippen molar-refractivity contribution in [3.05, 3.63) is 28.8 Å². The van der Waals surface area contributed by atoms with Crippen LogP contribution in [0.2, 0.25) is 5.02 Å². The molecule has 0 amide bonds. The second-order valence-electron chi connectivity index (χ2n) is 4.47. The molecule has 4 nitrogen and oxygen atoms in total. The van der Waals surface area contributed by atoms with Crippen LogP contribution in [-0.4, -0.2) is 24.6 Å². The van der Waals surface area contributed by atoms with Gasteiger partial charge in [-0.1, -0.05) is 16.8 Å². The zero-order valence-corrected chi connectivity index (χ0v) is 10.5. The highest BCUT2D eigenvalue weighted by Crippen LogP contribution is 2.32. The molecular formula is C12H16ClN3O. The highest BCUT2D eigenvalue weighted by molar-refractivity contribution is 6.31. The molecule has 3 N–H and O–H groups in total. The van der Waals surface area contributed by atoms with E-state index < -0.39 is 0 Å². The summed E-state index contributed by atoms with van der Waals surface area (Å²) in [6, 6.07) is 5.36. The molecule has 17 heavy (non-hydrogen) atoms. The predicted molar refractivity (Wildman–Crippen MR) is 70.0 cm³/mol. The molecule has 0 saturated heterocycles. The minimum Gasteiger partial charge on any atom is -0.409 e. The van der Waals surface area contributed by atoms with Gasteiger partial charge in [-0.05, 0) is 37.0 Å². The second-order valence-corrected chi connectivity index (χ2v) is 4.91. The summed E-state index contributed by atoms with van der Waals surface area (Å²) in [5.41, 5.74) is 7.27. The first-order valence-corrected chi connectivity index (χ1v) is 5.98. The maximum absolute atomic E-state index is 8.77. The van der Waals surface area contributed by atoms with Crippen LogP contribution in [0.4, 0.5) is 5.69 Å². The summed E-state index contributed by atoms with van der Waals surface area (Å²) < 4.78 is 0. The van der Waals surface area contributed by atoms with Gasteiger partial charge in [0, 0.05) is 29.9 Å². The van der Waals surface area contributed by atoms with Crippen LogP contribution in [0, 0.1) is 5.92 Å². The van der Waals surface area contributed by atoms with Crippen LogP contribution in [0.25, 0.3) is 0 Å². The topological polar surface area (TPSA) is 61.8 Å². The largest absolute Gasteiger partial charge is 0.409 e. The van der Waals surface area contributed by atoms with Crippen LogP contribution in [-0.2, 0) is 0 Å². The zero-order valence-electron chi connectivity index (χ0n) is 9.73. The van der Waals surface area contributed by atoms with Crippen LogP contribution in [0.1, 0.15) is 18.4 Å². The Morgan fingerprint density at radius 3 is 2.88 bits per heavy atom. The molecule has 1 aliphatic carbocycles. The molecule has 1 aliphatic rings. The van der Waals surface area contributed by atoms with Gasteiger partial charge in [0.1, 0.15) is 0 Å². The zero-order chi connectivity index (χ0) is 12.4. The molecule has 92 valence electrons. The van der Waals surface area contributed by atoms with E-state index in [0.29, 0.717) is 10.6 Å². The van der Waals surface area contributed by atoms with Gasteiger partial charge in [-0.2, -0.15) is 0 Å². The minimum absolute atomic E-state index is 0.110. The molecule has 1 fully saturated rings. The van der Waals surface area contributed by atoms with Crippen molar-refractivity contribution >= 4 is 23.1 Å². The van der Waals surface area contributed by atoms with Crippen LogP contribution < -0.4 is 10.6 Å². The first kappa shape index (κ1) is 12.0. The van der Waals surface area contributed by atoms with Crippen molar-refractivity contribution in [2.24, 2.45) is 16.8 Å². The number of halogens is 1. The lowest BCUT2D eigenvalue weighted by Gasteiger charge is -2.22. The average Bonchev–Trinajstić information content (AvgIpc) is 3.11. The molecule has 5 heteroatoms. The summed E-state index contributed by atoms with van der Waals surface area (Å²) in [5, 5.41) is 12.5. The molecular weight excluding hydrogens is 238 g/mol. The van der Waals surface area contributed by atoms with Crippen molar-refractivity contribution in [2.75, 3.05) is 18.5 Å². The van der Waals surface area contributed by atoms with Crippen molar-refractivity contribution in [3.63, 3.8) is 0 Å². The van der Waals surface area contributed by atoms with Gasteiger partial charge in [0.05, 0.1) is 0 Å². The van der Waals surface area contributed by atoms with Gasteiger partial charge in [-0.25, -0.2) is 0 Å². The SMILES string of the molecule is CN(CC1CC1)c1cc(Cl)ccc1C(N)=NO. The maximum atomic E-state index is 8.77. The number of rotatable bonds is 4. The van der Waals surface area contributed by atoms with Crippen LogP contribution in [0.15, 0.2) is 23.4 Å². The molecule has 0 bridgehead atoms. The van der Waals surface area contributed by atoms with Gasteiger partial charge in [-0.3, -0.25) is 0 Å². The quantitative estimate of drug-likeness (QED) is 0.375. The van der Waals surface area contributed by atoms with Gasteiger partial charge in [0.15, 0.2) is 5.84 Å².